The van der Waals surface area contributed by atoms with Crippen LogP contribution in [0.2, 0.25) is 0 Å². The van der Waals surface area contributed by atoms with Gasteiger partial charge in [-0.3, -0.25) is 0 Å². The highest BCUT2D eigenvalue weighted by atomic mass is 19.1. The summed E-state index contributed by atoms with van der Waals surface area (Å²) < 4.78 is 23.7. The van der Waals surface area contributed by atoms with E-state index >= 15 is 0 Å². The molecular formula is C16H20FNO2. The topological polar surface area (TPSA) is 34.4 Å². The minimum atomic E-state index is -0.186. The first kappa shape index (κ1) is 14.8. The fourth-order valence-electron chi connectivity index (χ4n) is 1.92. The van der Waals surface area contributed by atoms with Crippen molar-refractivity contribution >= 4 is 0 Å². The second kappa shape index (κ2) is 7.82. The Morgan fingerprint density at radius 1 is 1.30 bits per heavy atom. The maximum Gasteiger partial charge on any atom is 0.129 e. The molecule has 1 aromatic heterocycles. The highest BCUT2D eigenvalue weighted by Crippen LogP contribution is 2.09. The van der Waals surface area contributed by atoms with Crippen molar-refractivity contribution in [3.63, 3.8) is 0 Å². The van der Waals surface area contributed by atoms with Gasteiger partial charge in [-0.25, -0.2) is 4.39 Å². The van der Waals surface area contributed by atoms with Crippen molar-refractivity contribution in [3.8, 4) is 0 Å². The Hall–Kier alpha value is -1.65. The number of benzene rings is 1. The molecule has 0 unspecified atom stereocenters. The standard InChI is InChI=1S/C16H20FNO2/c1-13-5-6-15(17)10-14(13)11-18-7-3-8-19-12-16-4-2-9-20-16/h2,4-6,9-10,18H,3,7-8,11-12H2,1H3. The Morgan fingerprint density at radius 3 is 3.00 bits per heavy atom. The largest absolute Gasteiger partial charge is 0.467 e. The van der Waals surface area contributed by atoms with Crippen molar-refractivity contribution in [2.24, 2.45) is 0 Å². The molecule has 1 heterocycles. The van der Waals surface area contributed by atoms with Crippen LogP contribution in [0, 0.1) is 12.7 Å². The van der Waals surface area contributed by atoms with E-state index < -0.39 is 0 Å². The molecule has 0 bridgehead atoms. The van der Waals surface area contributed by atoms with Crippen LogP contribution in [0.5, 0.6) is 0 Å². The van der Waals surface area contributed by atoms with Crippen molar-refractivity contribution in [1.82, 2.24) is 5.32 Å². The van der Waals surface area contributed by atoms with Gasteiger partial charge in [0.2, 0.25) is 0 Å². The molecule has 1 aromatic carbocycles. The third-order valence-electron chi connectivity index (χ3n) is 3.09. The number of nitrogens with one attached hydrogen (secondary N) is 1. The number of hydrogen-bond acceptors (Lipinski definition) is 3. The number of aryl methyl sites for hydroxylation is 1. The van der Waals surface area contributed by atoms with Gasteiger partial charge < -0.3 is 14.5 Å². The lowest BCUT2D eigenvalue weighted by Crippen LogP contribution is -2.17. The molecule has 3 nitrogen and oxygen atoms in total. The molecule has 20 heavy (non-hydrogen) atoms. The van der Waals surface area contributed by atoms with Crippen LogP contribution < -0.4 is 5.32 Å². The molecular weight excluding hydrogens is 257 g/mol. The van der Waals surface area contributed by atoms with Gasteiger partial charge in [-0.1, -0.05) is 6.07 Å². The molecule has 0 aliphatic heterocycles. The summed E-state index contributed by atoms with van der Waals surface area (Å²) >= 11 is 0. The second-order valence-corrected chi connectivity index (χ2v) is 4.73. The van der Waals surface area contributed by atoms with Gasteiger partial charge in [0.15, 0.2) is 0 Å². The van der Waals surface area contributed by atoms with E-state index in [1.807, 2.05) is 19.1 Å². The summed E-state index contributed by atoms with van der Waals surface area (Å²) in [5, 5.41) is 3.29. The maximum atomic E-state index is 13.1. The molecule has 2 aromatic rings. The van der Waals surface area contributed by atoms with E-state index in [1.165, 1.54) is 6.07 Å². The quantitative estimate of drug-likeness (QED) is 0.751. The van der Waals surface area contributed by atoms with Gasteiger partial charge in [0.05, 0.1) is 6.26 Å². The van der Waals surface area contributed by atoms with Crippen LogP contribution in [-0.2, 0) is 17.9 Å². The van der Waals surface area contributed by atoms with Crippen molar-refractivity contribution in [2.75, 3.05) is 13.2 Å². The van der Waals surface area contributed by atoms with Crippen LogP contribution in [0.1, 0.15) is 23.3 Å². The Bertz CT molecular complexity index is 511. The van der Waals surface area contributed by atoms with Gasteiger partial charge in [-0.15, -0.1) is 0 Å². The lowest BCUT2D eigenvalue weighted by atomic mass is 10.1. The van der Waals surface area contributed by atoms with Gasteiger partial charge >= 0.3 is 0 Å². The molecule has 0 fully saturated rings. The molecule has 0 aliphatic carbocycles. The average molecular weight is 277 g/mol. The van der Waals surface area contributed by atoms with Crippen molar-refractivity contribution in [1.29, 1.82) is 0 Å². The molecule has 4 heteroatoms. The van der Waals surface area contributed by atoms with Crippen LogP contribution in [-0.4, -0.2) is 13.2 Å². The Morgan fingerprint density at radius 2 is 2.20 bits per heavy atom. The molecule has 2 rings (SSSR count). The van der Waals surface area contributed by atoms with Crippen molar-refractivity contribution in [2.45, 2.75) is 26.5 Å². The maximum absolute atomic E-state index is 13.1. The zero-order valence-corrected chi connectivity index (χ0v) is 11.7. The molecule has 0 spiro atoms. The molecule has 0 saturated carbocycles. The summed E-state index contributed by atoms with van der Waals surface area (Å²) in [7, 11) is 0. The molecule has 0 atom stereocenters. The molecule has 108 valence electrons. The Kier molecular flexibility index (Phi) is 5.77. The van der Waals surface area contributed by atoms with Crippen molar-refractivity contribution < 1.29 is 13.5 Å². The van der Waals surface area contributed by atoms with Gasteiger partial charge in [0.1, 0.15) is 18.2 Å². The van der Waals surface area contributed by atoms with E-state index in [9.17, 15) is 4.39 Å². The number of ether oxygens (including phenoxy) is 1. The predicted octanol–water partition coefficient (Wildman–Crippen LogP) is 3.42. The minimum Gasteiger partial charge on any atom is -0.467 e. The van der Waals surface area contributed by atoms with Crippen LogP contribution in [0.25, 0.3) is 0 Å². The summed E-state index contributed by atoms with van der Waals surface area (Å²) in [6.45, 7) is 4.70. The van der Waals surface area contributed by atoms with E-state index in [1.54, 1.807) is 18.4 Å². The highest BCUT2D eigenvalue weighted by Gasteiger charge is 2.00. The van der Waals surface area contributed by atoms with E-state index in [4.69, 9.17) is 9.15 Å². The summed E-state index contributed by atoms with van der Waals surface area (Å²) in [6.07, 6.45) is 2.55. The molecule has 0 amide bonds. The Balaban J connectivity index is 1.56. The van der Waals surface area contributed by atoms with Crippen LogP contribution in [0.4, 0.5) is 4.39 Å². The SMILES string of the molecule is Cc1ccc(F)cc1CNCCCOCc1ccco1. The first-order valence-electron chi connectivity index (χ1n) is 6.81. The van der Waals surface area contributed by atoms with Crippen molar-refractivity contribution in [3.05, 3.63) is 59.3 Å². The van der Waals surface area contributed by atoms with Crippen LogP contribution >= 0.6 is 0 Å². The van der Waals surface area contributed by atoms with Crippen LogP contribution in [0.3, 0.4) is 0 Å². The summed E-state index contributed by atoms with van der Waals surface area (Å²) in [6, 6.07) is 8.61. The zero-order chi connectivity index (χ0) is 14.2. The van der Waals surface area contributed by atoms with Gasteiger partial charge in [0, 0.05) is 13.2 Å². The normalized spacial score (nSPS) is 10.9. The summed E-state index contributed by atoms with van der Waals surface area (Å²) in [4.78, 5) is 0. The lowest BCUT2D eigenvalue weighted by Gasteiger charge is -2.08. The fourth-order valence-corrected chi connectivity index (χ4v) is 1.92. The number of rotatable bonds is 8. The lowest BCUT2D eigenvalue weighted by molar-refractivity contribution is 0.104. The Labute approximate surface area is 118 Å². The predicted molar refractivity (Wildman–Crippen MR) is 75.8 cm³/mol. The van der Waals surface area contributed by atoms with E-state index in [0.717, 1.165) is 29.9 Å². The second-order valence-electron chi connectivity index (χ2n) is 4.73. The molecule has 0 aliphatic rings. The minimum absolute atomic E-state index is 0.186. The van der Waals surface area contributed by atoms with Crippen LogP contribution in [0.15, 0.2) is 41.0 Å². The number of halogens is 1. The first-order valence-corrected chi connectivity index (χ1v) is 6.81. The van der Waals surface area contributed by atoms with E-state index in [0.29, 0.717) is 19.8 Å². The summed E-state index contributed by atoms with van der Waals surface area (Å²) in [5.41, 5.74) is 2.11. The first-order chi connectivity index (χ1) is 9.75. The molecule has 1 N–H and O–H groups in total. The molecule has 0 saturated heterocycles. The van der Waals surface area contributed by atoms with Gasteiger partial charge in [0.25, 0.3) is 0 Å². The molecule has 0 radical (unpaired) electrons. The highest BCUT2D eigenvalue weighted by molar-refractivity contribution is 5.26. The summed E-state index contributed by atoms with van der Waals surface area (Å²) in [5.74, 6) is 0.655. The fraction of sp³-hybridized carbons (Fsp3) is 0.375. The monoisotopic (exact) mass is 277 g/mol. The van der Waals surface area contributed by atoms with E-state index in [2.05, 4.69) is 5.32 Å². The van der Waals surface area contributed by atoms with E-state index in [-0.39, 0.29) is 5.82 Å². The van der Waals surface area contributed by atoms with Gasteiger partial charge in [-0.2, -0.15) is 0 Å². The number of furan rings is 1. The zero-order valence-electron chi connectivity index (χ0n) is 11.7. The number of hydrogen-bond donors (Lipinski definition) is 1. The third-order valence-corrected chi connectivity index (χ3v) is 3.09. The van der Waals surface area contributed by atoms with Gasteiger partial charge in [-0.05, 0) is 55.3 Å². The third kappa shape index (κ3) is 4.79. The smallest absolute Gasteiger partial charge is 0.129 e. The average Bonchev–Trinajstić information content (AvgIpc) is 2.94.